The minimum atomic E-state index is 0.407. The summed E-state index contributed by atoms with van der Waals surface area (Å²) in [5.41, 5.74) is 3.94. The number of hydrogen-bond donors (Lipinski definition) is 0. The van der Waals surface area contributed by atoms with Gasteiger partial charge >= 0.3 is 0 Å². The molecule has 0 saturated heterocycles. The Labute approximate surface area is 177 Å². The van der Waals surface area contributed by atoms with Crippen molar-refractivity contribution in [2.75, 3.05) is 0 Å². The van der Waals surface area contributed by atoms with E-state index in [1.807, 2.05) is 12.1 Å². The summed E-state index contributed by atoms with van der Waals surface area (Å²) in [5.74, 6) is 4.78. The summed E-state index contributed by atoms with van der Waals surface area (Å²) in [6, 6.07) is 8.38. The summed E-state index contributed by atoms with van der Waals surface area (Å²) in [5, 5.41) is 0.903. The van der Waals surface area contributed by atoms with E-state index in [-0.39, 0.29) is 0 Å². The highest BCUT2D eigenvalue weighted by Crippen LogP contribution is 2.68. The summed E-state index contributed by atoms with van der Waals surface area (Å²) < 4.78 is 0. The molecular formula is C27H37Cl. The van der Waals surface area contributed by atoms with Crippen LogP contribution >= 0.6 is 11.6 Å². The maximum Gasteiger partial charge on any atom is 0.0478 e. The SMILES string of the molecule is CC1CCC[C@@]2(C)C1CC[C@@H]1[C@H]2CC[C@]2(C)C(=Cc3ccccc3Cl)CC[C@@H]12. The molecule has 0 heterocycles. The second-order valence-corrected chi connectivity index (χ2v) is 11.5. The van der Waals surface area contributed by atoms with Gasteiger partial charge in [-0.2, -0.15) is 0 Å². The van der Waals surface area contributed by atoms with E-state index in [0.29, 0.717) is 10.8 Å². The molecule has 5 rings (SSSR count). The molecular weight excluding hydrogens is 360 g/mol. The maximum atomic E-state index is 6.50. The van der Waals surface area contributed by atoms with Crippen molar-refractivity contribution in [1.29, 1.82) is 0 Å². The zero-order chi connectivity index (χ0) is 19.5. The van der Waals surface area contributed by atoms with Gasteiger partial charge in [-0.05, 0) is 97.0 Å². The molecule has 1 aromatic carbocycles. The topological polar surface area (TPSA) is 0 Å². The van der Waals surface area contributed by atoms with Crippen LogP contribution in [-0.4, -0.2) is 0 Å². The highest BCUT2D eigenvalue weighted by Gasteiger charge is 2.59. The van der Waals surface area contributed by atoms with Crippen LogP contribution in [0.25, 0.3) is 6.08 Å². The fourth-order valence-corrected chi connectivity index (χ4v) is 8.85. The van der Waals surface area contributed by atoms with Gasteiger partial charge in [0.1, 0.15) is 0 Å². The van der Waals surface area contributed by atoms with Gasteiger partial charge < -0.3 is 0 Å². The summed E-state index contributed by atoms with van der Waals surface area (Å²) in [7, 11) is 0. The first kappa shape index (κ1) is 19.2. The van der Waals surface area contributed by atoms with Gasteiger partial charge in [-0.25, -0.2) is 0 Å². The molecule has 4 saturated carbocycles. The van der Waals surface area contributed by atoms with E-state index in [9.17, 15) is 0 Å². The van der Waals surface area contributed by atoms with Crippen LogP contribution in [0.2, 0.25) is 5.02 Å². The molecule has 0 N–H and O–H groups in total. The molecule has 4 aliphatic carbocycles. The normalized spacial score (nSPS) is 46.7. The molecule has 0 radical (unpaired) electrons. The molecule has 4 fully saturated rings. The average Bonchev–Trinajstić information content (AvgIpc) is 3.00. The Morgan fingerprint density at radius 2 is 1.75 bits per heavy atom. The van der Waals surface area contributed by atoms with E-state index < -0.39 is 0 Å². The molecule has 0 nitrogen and oxygen atoms in total. The van der Waals surface area contributed by atoms with Crippen molar-refractivity contribution in [3.8, 4) is 0 Å². The number of benzene rings is 1. The third-order valence-electron chi connectivity index (χ3n) is 10.1. The van der Waals surface area contributed by atoms with Gasteiger partial charge in [0.25, 0.3) is 0 Å². The molecule has 2 unspecified atom stereocenters. The summed E-state index contributed by atoms with van der Waals surface area (Å²) in [4.78, 5) is 0. The Morgan fingerprint density at radius 3 is 2.57 bits per heavy atom. The van der Waals surface area contributed by atoms with Crippen LogP contribution in [0.3, 0.4) is 0 Å². The summed E-state index contributed by atoms with van der Waals surface area (Å²) >= 11 is 6.50. The van der Waals surface area contributed by atoms with Gasteiger partial charge in [0.2, 0.25) is 0 Å². The Morgan fingerprint density at radius 1 is 0.929 bits per heavy atom. The smallest absolute Gasteiger partial charge is 0.0478 e. The van der Waals surface area contributed by atoms with Crippen LogP contribution in [-0.2, 0) is 0 Å². The number of rotatable bonds is 1. The molecule has 0 aromatic heterocycles. The molecule has 28 heavy (non-hydrogen) atoms. The third-order valence-corrected chi connectivity index (χ3v) is 10.4. The molecule has 0 amide bonds. The molecule has 1 aromatic rings. The van der Waals surface area contributed by atoms with Gasteiger partial charge in [0, 0.05) is 5.02 Å². The summed E-state index contributed by atoms with van der Waals surface area (Å²) in [6.45, 7) is 7.85. The molecule has 7 atom stereocenters. The largest absolute Gasteiger partial charge is 0.0837 e. The van der Waals surface area contributed by atoms with E-state index >= 15 is 0 Å². The standard InChI is InChI=1S/C27H37Cl/c1-18-7-6-15-27(3)22(18)13-11-21-23-12-10-20(26(23,2)16-14-24(21)27)17-19-8-4-5-9-25(19)28/h4-5,8-9,17-18,21-24H,6-7,10-16H2,1-3H3/t18?,21-,22?,23-,24+,26+,27-/m0/s1. The van der Waals surface area contributed by atoms with Crippen LogP contribution < -0.4 is 0 Å². The van der Waals surface area contributed by atoms with Crippen molar-refractivity contribution in [3.05, 3.63) is 40.4 Å². The monoisotopic (exact) mass is 396 g/mol. The van der Waals surface area contributed by atoms with Crippen molar-refractivity contribution < 1.29 is 0 Å². The van der Waals surface area contributed by atoms with E-state index in [4.69, 9.17) is 11.6 Å². The second kappa shape index (κ2) is 6.90. The molecule has 152 valence electrons. The lowest BCUT2D eigenvalue weighted by Gasteiger charge is -2.61. The van der Waals surface area contributed by atoms with E-state index in [1.165, 1.54) is 63.4 Å². The van der Waals surface area contributed by atoms with Crippen molar-refractivity contribution in [1.82, 2.24) is 0 Å². The maximum absolute atomic E-state index is 6.50. The number of allylic oxidation sites excluding steroid dienone is 1. The molecule has 1 heteroatoms. The highest BCUT2D eigenvalue weighted by atomic mass is 35.5. The Bertz CT molecular complexity index is 778. The first-order valence-electron chi connectivity index (χ1n) is 11.9. The molecule has 0 aliphatic heterocycles. The number of halogens is 1. The lowest BCUT2D eigenvalue weighted by atomic mass is 9.44. The first-order chi connectivity index (χ1) is 13.4. The van der Waals surface area contributed by atoms with Crippen molar-refractivity contribution in [2.45, 2.75) is 78.6 Å². The van der Waals surface area contributed by atoms with Gasteiger partial charge in [-0.1, -0.05) is 75.1 Å². The number of hydrogen-bond acceptors (Lipinski definition) is 0. The van der Waals surface area contributed by atoms with E-state index in [1.54, 1.807) is 5.57 Å². The van der Waals surface area contributed by atoms with Crippen LogP contribution in [0.5, 0.6) is 0 Å². The Balaban J connectivity index is 1.45. The second-order valence-electron chi connectivity index (χ2n) is 11.1. The predicted octanol–water partition coefficient (Wildman–Crippen LogP) is 8.40. The highest BCUT2D eigenvalue weighted by molar-refractivity contribution is 6.32. The van der Waals surface area contributed by atoms with Crippen molar-refractivity contribution >= 4 is 17.7 Å². The minimum Gasteiger partial charge on any atom is -0.0837 e. The molecule has 0 spiro atoms. The fourth-order valence-electron chi connectivity index (χ4n) is 8.66. The summed E-state index contributed by atoms with van der Waals surface area (Å²) in [6.07, 6.45) is 15.4. The Hall–Kier alpha value is -0.750. The van der Waals surface area contributed by atoms with Crippen LogP contribution in [0.15, 0.2) is 29.8 Å². The average molecular weight is 397 g/mol. The quantitative estimate of drug-likeness (QED) is 0.446. The van der Waals surface area contributed by atoms with E-state index in [2.05, 4.69) is 39.0 Å². The minimum absolute atomic E-state index is 0.407. The first-order valence-corrected chi connectivity index (χ1v) is 12.3. The lowest BCUT2D eigenvalue weighted by Crippen LogP contribution is -2.53. The van der Waals surface area contributed by atoms with E-state index in [0.717, 1.165) is 34.6 Å². The molecule has 0 bridgehead atoms. The zero-order valence-corrected chi connectivity index (χ0v) is 18.8. The molecule has 4 aliphatic rings. The number of fused-ring (bicyclic) bond motifs is 5. The van der Waals surface area contributed by atoms with Crippen molar-refractivity contribution in [2.24, 2.45) is 40.4 Å². The Kier molecular flexibility index (Phi) is 4.74. The van der Waals surface area contributed by atoms with Gasteiger partial charge in [-0.3, -0.25) is 0 Å². The predicted molar refractivity (Wildman–Crippen MR) is 120 cm³/mol. The van der Waals surface area contributed by atoms with Crippen LogP contribution in [0.1, 0.15) is 84.1 Å². The zero-order valence-electron chi connectivity index (χ0n) is 18.0. The van der Waals surface area contributed by atoms with Crippen LogP contribution in [0, 0.1) is 40.4 Å². The lowest BCUT2D eigenvalue weighted by molar-refractivity contribution is -0.113. The van der Waals surface area contributed by atoms with Gasteiger partial charge in [0.15, 0.2) is 0 Å². The van der Waals surface area contributed by atoms with Gasteiger partial charge in [0.05, 0.1) is 0 Å². The van der Waals surface area contributed by atoms with Crippen LogP contribution in [0.4, 0.5) is 0 Å². The van der Waals surface area contributed by atoms with Gasteiger partial charge in [-0.15, -0.1) is 0 Å². The fraction of sp³-hybridized carbons (Fsp3) is 0.704. The third kappa shape index (κ3) is 2.77. The van der Waals surface area contributed by atoms with Crippen molar-refractivity contribution in [3.63, 3.8) is 0 Å².